The van der Waals surface area contributed by atoms with Gasteiger partial charge in [0.15, 0.2) is 0 Å². The summed E-state index contributed by atoms with van der Waals surface area (Å²) in [6.07, 6.45) is 8.40. The number of rotatable bonds is 6. The van der Waals surface area contributed by atoms with Crippen molar-refractivity contribution in [1.82, 2.24) is 19.4 Å². The molecule has 8 nitrogen and oxygen atoms in total. The largest absolute Gasteiger partial charge is 0.387 e. The number of hydrogen-bond donors (Lipinski definition) is 2. The van der Waals surface area contributed by atoms with Crippen LogP contribution in [-0.2, 0) is 10.0 Å². The van der Waals surface area contributed by atoms with Crippen LogP contribution in [0.5, 0.6) is 0 Å². The lowest BCUT2D eigenvalue weighted by Crippen LogP contribution is -2.56. The van der Waals surface area contributed by atoms with Crippen LogP contribution >= 0.6 is 0 Å². The van der Waals surface area contributed by atoms with E-state index in [0.29, 0.717) is 31.8 Å². The Balaban J connectivity index is 1.30. The number of aromatic nitrogens is 2. The predicted molar refractivity (Wildman–Crippen MR) is 110 cm³/mol. The molecule has 1 unspecified atom stereocenters. The highest BCUT2D eigenvalue weighted by molar-refractivity contribution is 7.88. The number of sulfonamides is 1. The van der Waals surface area contributed by atoms with E-state index in [4.69, 9.17) is 0 Å². The second-order valence-electron chi connectivity index (χ2n) is 9.13. The minimum atomic E-state index is -3.28. The predicted octanol–water partition coefficient (Wildman–Crippen LogP) is 0.981. The molecule has 3 fully saturated rings. The first-order valence-corrected chi connectivity index (χ1v) is 12.6. The second-order valence-corrected chi connectivity index (χ2v) is 11.1. The van der Waals surface area contributed by atoms with Gasteiger partial charge in [-0.1, -0.05) is 0 Å². The van der Waals surface area contributed by atoms with Crippen LogP contribution in [0.2, 0.25) is 0 Å². The highest BCUT2D eigenvalue weighted by Gasteiger charge is 2.37. The summed E-state index contributed by atoms with van der Waals surface area (Å²) >= 11 is 0. The summed E-state index contributed by atoms with van der Waals surface area (Å²) in [5, 5.41) is 18.9. The molecule has 3 aliphatic rings. The van der Waals surface area contributed by atoms with Gasteiger partial charge in [-0.15, -0.1) is 0 Å². The molecule has 1 atom stereocenters. The van der Waals surface area contributed by atoms with E-state index in [2.05, 4.69) is 10.4 Å². The molecule has 2 heterocycles. The molecule has 0 bridgehead atoms. The fourth-order valence-corrected chi connectivity index (χ4v) is 5.59. The molecule has 9 heteroatoms. The van der Waals surface area contributed by atoms with Crippen molar-refractivity contribution in [3.05, 3.63) is 28.2 Å². The van der Waals surface area contributed by atoms with Crippen LogP contribution in [0.1, 0.15) is 69.0 Å². The Morgan fingerprint density at radius 1 is 1.21 bits per heavy atom. The molecule has 0 aromatic carbocycles. The smallest absolute Gasteiger partial charge is 0.267 e. The van der Waals surface area contributed by atoms with Gasteiger partial charge in [0.1, 0.15) is 0 Å². The van der Waals surface area contributed by atoms with Crippen LogP contribution < -0.4 is 10.9 Å². The van der Waals surface area contributed by atoms with Crippen molar-refractivity contribution < 1.29 is 13.5 Å². The van der Waals surface area contributed by atoms with Crippen molar-refractivity contribution in [2.75, 3.05) is 25.9 Å². The number of nitrogens with one attached hydrogen (secondary N) is 1. The molecule has 1 aromatic rings. The number of hydrogen-bond acceptors (Lipinski definition) is 6. The fraction of sp³-hybridized carbons (Fsp3) is 0.800. The normalized spacial score (nSPS) is 31.7. The van der Waals surface area contributed by atoms with Gasteiger partial charge in [0, 0.05) is 37.7 Å². The van der Waals surface area contributed by atoms with Crippen molar-refractivity contribution in [2.24, 2.45) is 0 Å². The lowest BCUT2D eigenvalue weighted by molar-refractivity contribution is -0.00964. The molecule has 1 aliphatic heterocycles. The topological polar surface area (TPSA) is 105 Å². The van der Waals surface area contributed by atoms with Crippen LogP contribution in [0.15, 0.2) is 16.9 Å². The quantitative estimate of drug-likeness (QED) is 0.705. The maximum absolute atomic E-state index is 12.3. The lowest BCUT2D eigenvalue weighted by Gasteiger charge is -2.39. The Hall–Kier alpha value is -1.29. The molecule has 0 radical (unpaired) electrons. The summed E-state index contributed by atoms with van der Waals surface area (Å²) in [7, 11) is -3.28. The number of β-amino-alcohol motifs (C(OH)–C–C–N with tert-alkyl or cyclic N) is 1. The third kappa shape index (κ3) is 5.07. The third-order valence-electron chi connectivity index (χ3n) is 6.59. The molecule has 1 aromatic heterocycles. The summed E-state index contributed by atoms with van der Waals surface area (Å²) in [6.45, 7) is 1.03. The van der Waals surface area contributed by atoms with E-state index >= 15 is 0 Å². The standard InChI is InChI=1S/C20H32N4O4S/c1-29(27,28)23-12-2-11-20(26,14-23)13-21-16-5-7-17(8-6-16)24-19(25)10-9-18(22-24)15-3-4-15/h9-10,15-17,21,26H,2-8,11-14H2,1H3. The van der Waals surface area contributed by atoms with Crippen LogP contribution in [-0.4, -0.2) is 65.1 Å². The highest BCUT2D eigenvalue weighted by Crippen LogP contribution is 2.38. The van der Waals surface area contributed by atoms with Crippen molar-refractivity contribution in [2.45, 2.75) is 75.0 Å². The molecular formula is C20H32N4O4S. The summed E-state index contributed by atoms with van der Waals surface area (Å²) in [5.74, 6) is 0.530. The fourth-order valence-electron chi connectivity index (χ4n) is 4.66. The molecule has 2 aliphatic carbocycles. The molecule has 1 saturated heterocycles. The Morgan fingerprint density at radius 3 is 2.59 bits per heavy atom. The van der Waals surface area contributed by atoms with E-state index in [1.165, 1.54) is 23.4 Å². The Labute approximate surface area is 172 Å². The van der Waals surface area contributed by atoms with Crippen molar-refractivity contribution >= 4 is 10.0 Å². The van der Waals surface area contributed by atoms with Gasteiger partial charge in [0.25, 0.3) is 5.56 Å². The SMILES string of the molecule is CS(=O)(=O)N1CCCC(O)(CNC2CCC(n3nc(C4CC4)ccc3=O)CC2)C1. The maximum Gasteiger partial charge on any atom is 0.267 e. The lowest BCUT2D eigenvalue weighted by atomic mass is 9.89. The van der Waals surface area contributed by atoms with Crippen molar-refractivity contribution in [3.63, 3.8) is 0 Å². The van der Waals surface area contributed by atoms with Gasteiger partial charge < -0.3 is 10.4 Å². The van der Waals surface area contributed by atoms with Crippen LogP contribution in [0.4, 0.5) is 0 Å². The van der Waals surface area contributed by atoms with E-state index in [1.807, 2.05) is 6.07 Å². The van der Waals surface area contributed by atoms with Crippen molar-refractivity contribution in [1.29, 1.82) is 0 Å². The van der Waals surface area contributed by atoms with E-state index in [0.717, 1.165) is 31.4 Å². The molecular weight excluding hydrogens is 392 g/mol. The first kappa shape index (κ1) is 21.0. The molecule has 2 saturated carbocycles. The zero-order valence-corrected chi connectivity index (χ0v) is 17.9. The highest BCUT2D eigenvalue weighted by atomic mass is 32.2. The summed E-state index contributed by atoms with van der Waals surface area (Å²) in [5.41, 5.74) is -0.00192. The Bertz CT molecular complexity index is 890. The number of piperidine rings is 1. The third-order valence-corrected chi connectivity index (χ3v) is 7.84. The molecule has 29 heavy (non-hydrogen) atoms. The monoisotopic (exact) mass is 424 g/mol. The van der Waals surface area contributed by atoms with Gasteiger partial charge in [-0.2, -0.15) is 9.40 Å². The van der Waals surface area contributed by atoms with Gasteiger partial charge in [-0.25, -0.2) is 13.1 Å². The minimum Gasteiger partial charge on any atom is -0.387 e. The van der Waals surface area contributed by atoms with Crippen molar-refractivity contribution in [3.8, 4) is 0 Å². The summed E-state index contributed by atoms with van der Waals surface area (Å²) in [6, 6.07) is 3.93. The zero-order valence-electron chi connectivity index (χ0n) is 17.1. The van der Waals surface area contributed by atoms with E-state index < -0.39 is 15.6 Å². The molecule has 4 rings (SSSR count). The average Bonchev–Trinajstić information content (AvgIpc) is 3.52. The molecule has 0 spiro atoms. The van der Waals surface area contributed by atoms with Gasteiger partial charge >= 0.3 is 0 Å². The molecule has 0 amide bonds. The van der Waals surface area contributed by atoms with Crippen LogP contribution in [0.25, 0.3) is 0 Å². The van der Waals surface area contributed by atoms with Crippen LogP contribution in [0.3, 0.4) is 0 Å². The zero-order chi connectivity index (χ0) is 20.6. The molecule has 162 valence electrons. The second kappa shape index (κ2) is 8.09. The van der Waals surface area contributed by atoms with Gasteiger partial charge in [0.2, 0.25) is 10.0 Å². The van der Waals surface area contributed by atoms with Gasteiger partial charge in [-0.05, 0) is 57.4 Å². The molecule has 2 N–H and O–H groups in total. The van der Waals surface area contributed by atoms with E-state index in [-0.39, 0.29) is 24.2 Å². The first-order chi connectivity index (χ1) is 13.7. The van der Waals surface area contributed by atoms with E-state index in [9.17, 15) is 18.3 Å². The van der Waals surface area contributed by atoms with Gasteiger partial charge in [-0.3, -0.25) is 4.79 Å². The summed E-state index contributed by atoms with van der Waals surface area (Å²) in [4.78, 5) is 12.3. The number of aliphatic hydroxyl groups is 1. The van der Waals surface area contributed by atoms with Crippen LogP contribution in [0, 0.1) is 0 Å². The first-order valence-electron chi connectivity index (χ1n) is 10.7. The average molecular weight is 425 g/mol. The van der Waals surface area contributed by atoms with Gasteiger partial charge in [0.05, 0.1) is 23.6 Å². The summed E-state index contributed by atoms with van der Waals surface area (Å²) < 4.78 is 26.7. The Kier molecular flexibility index (Phi) is 5.85. The Morgan fingerprint density at radius 2 is 1.93 bits per heavy atom. The maximum atomic E-state index is 12.3. The minimum absolute atomic E-state index is 0.0248. The van der Waals surface area contributed by atoms with E-state index in [1.54, 1.807) is 10.7 Å². The number of nitrogens with zero attached hydrogens (tertiary/aromatic N) is 3.